The first-order valence-electron chi connectivity index (χ1n) is 19.4. The number of hydrogen-bond acceptors (Lipinski definition) is 10. The van der Waals surface area contributed by atoms with E-state index in [1.165, 1.54) is 29.6 Å². The smallest absolute Gasteiger partial charge is 0.417 e. The average Bonchev–Trinajstić information content (AvgIpc) is 3.20. The Balaban J connectivity index is 1.14. The molecule has 0 spiro atoms. The summed E-state index contributed by atoms with van der Waals surface area (Å²) in [5.74, 6) is -0.988. The zero-order valence-corrected chi connectivity index (χ0v) is 34.6. The second-order valence-electron chi connectivity index (χ2n) is 15.2. The van der Waals surface area contributed by atoms with E-state index in [1.54, 1.807) is 56.3 Å². The van der Waals surface area contributed by atoms with Crippen molar-refractivity contribution in [1.82, 2.24) is 15.1 Å². The predicted octanol–water partition coefficient (Wildman–Crippen LogP) is 5.53. The number of nitrogens with zero attached hydrogens (tertiary/aromatic N) is 5. The van der Waals surface area contributed by atoms with Crippen molar-refractivity contribution in [3.8, 4) is 11.8 Å². The predicted molar refractivity (Wildman–Crippen MR) is 224 cm³/mol. The van der Waals surface area contributed by atoms with E-state index in [1.807, 2.05) is 6.92 Å². The number of piperazine rings is 1. The summed E-state index contributed by atoms with van der Waals surface area (Å²) in [5.41, 5.74) is 0.289. The highest BCUT2D eigenvalue weighted by atomic mass is 32.1. The molecule has 320 valence electrons. The number of rotatable bonds is 16. The monoisotopic (exact) mass is 852 g/mol. The fourth-order valence-electron chi connectivity index (χ4n) is 7.27. The molecule has 2 saturated heterocycles. The lowest BCUT2D eigenvalue weighted by molar-refractivity contribution is -0.138. The van der Waals surface area contributed by atoms with E-state index in [0.717, 1.165) is 17.0 Å². The lowest BCUT2D eigenvalue weighted by atomic mass is 9.98. The van der Waals surface area contributed by atoms with Gasteiger partial charge in [0.2, 0.25) is 17.7 Å². The number of carbonyl (C=O) groups excluding carboxylic acids is 4. The summed E-state index contributed by atoms with van der Waals surface area (Å²) < 4.78 is 60.9. The normalized spacial score (nSPS) is 17.6. The number of carbonyl (C=O) groups is 4. The van der Waals surface area contributed by atoms with Crippen LogP contribution in [0.15, 0.2) is 60.7 Å². The Morgan fingerprint density at radius 2 is 1.80 bits per heavy atom. The van der Waals surface area contributed by atoms with Gasteiger partial charge in [0, 0.05) is 74.9 Å². The first-order valence-corrected chi connectivity index (χ1v) is 19.8. The Hall–Kier alpha value is -5.64. The maximum absolute atomic E-state index is 13.8. The molecule has 0 aliphatic carbocycles. The fraction of sp³-hybridized carbons (Fsp3) is 0.429. The van der Waals surface area contributed by atoms with E-state index in [0.29, 0.717) is 67.6 Å². The van der Waals surface area contributed by atoms with Crippen LogP contribution in [0.1, 0.15) is 50.3 Å². The van der Waals surface area contributed by atoms with Crippen molar-refractivity contribution in [1.29, 1.82) is 5.26 Å². The average molecular weight is 853 g/mol. The van der Waals surface area contributed by atoms with Crippen molar-refractivity contribution in [2.45, 2.75) is 63.8 Å². The van der Waals surface area contributed by atoms with Crippen LogP contribution in [0.2, 0.25) is 0 Å². The molecule has 2 fully saturated rings. The summed E-state index contributed by atoms with van der Waals surface area (Å²) in [6.07, 6.45) is -4.15. The van der Waals surface area contributed by atoms with Gasteiger partial charge in [0.15, 0.2) is 0 Å². The van der Waals surface area contributed by atoms with Gasteiger partial charge in [-0.05, 0) is 87.4 Å². The molecule has 4 amide bonds. The molecule has 2 aliphatic heterocycles. The standard InChI is InChI=1S/C42H48F4N8O5S/c1-27-24-52(16-17-53(27)25-38(56)49-31-7-5-6-30(21-31)48-35-11-13-37(55)50-39(35)57)18-19-59-36-12-10-33(20-28(36)14-15-43)54(26-60)41(2,3)40(58)51(4)32-9-8-29(23-47)34(22-32)42(44,45)46/h5-10,12,20-22,26-27,35,48H,11,13-19,24-25H2,1-4H3,(H,49,56)(H,50,55,57)/t27-,35?/m1/s1. The molecule has 3 N–H and O–H groups in total. The highest BCUT2D eigenvalue weighted by Gasteiger charge is 2.39. The number of aryl methyl sites for hydroxylation is 1. The van der Waals surface area contributed by atoms with Crippen LogP contribution in [0, 0.1) is 11.3 Å². The lowest BCUT2D eigenvalue weighted by Crippen LogP contribution is -2.55. The molecule has 0 saturated carbocycles. The summed E-state index contributed by atoms with van der Waals surface area (Å²) in [7, 11) is 1.34. The van der Waals surface area contributed by atoms with Crippen LogP contribution in [0.4, 0.5) is 40.3 Å². The maximum Gasteiger partial charge on any atom is 0.417 e. The number of thiocarbonyl (C=S) groups is 1. The van der Waals surface area contributed by atoms with Crippen molar-refractivity contribution < 1.29 is 41.5 Å². The summed E-state index contributed by atoms with van der Waals surface area (Å²) in [6.45, 7) is 7.55. The van der Waals surface area contributed by atoms with E-state index in [-0.39, 0.29) is 48.8 Å². The van der Waals surface area contributed by atoms with Crippen LogP contribution in [0.5, 0.6) is 5.75 Å². The molecule has 3 aromatic rings. The SMILES string of the molecule is C[C@@H]1CN(CCOc2ccc(N(C=S)C(C)(C)C(=O)N(C)c3ccc(C#N)c(C(F)(F)F)c3)cc2CCF)CCN1CC(=O)Nc1cccc(NC2CCC(=O)NC2=O)c1. The minimum absolute atomic E-state index is 0.0204. The third-order valence-corrected chi connectivity index (χ3v) is 10.8. The molecular formula is C42H48F4N8O5S. The minimum Gasteiger partial charge on any atom is -0.492 e. The van der Waals surface area contributed by atoms with E-state index >= 15 is 0 Å². The Kier molecular flexibility index (Phi) is 14.9. The molecule has 1 unspecified atom stereocenters. The Morgan fingerprint density at radius 3 is 2.47 bits per heavy atom. The van der Waals surface area contributed by atoms with Crippen molar-refractivity contribution in [3.05, 3.63) is 77.4 Å². The lowest BCUT2D eigenvalue weighted by Gasteiger charge is -2.39. The number of nitrogens with one attached hydrogen (secondary N) is 3. The topological polar surface area (TPSA) is 150 Å². The zero-order chi connectivity index (χ0) is 43.8. The molecule has 5 rings (SSSR count). The first-order chi connectivity index (χ1) is 28.4. The molecular weight excluding hydrogens is 805 g/mol. The number of ether oxygens (including phenoxy) is 1. The Bertz CT molecular complexity index is 2130. The largest absolute Gasteiger partial charge is 0.492 e. The van der Waals surface area contributed by atoms with Gasteiger partial charge in [-0.15, -0.1) is 0 Å². The number of halogens is 4. The van der Waals surface area contributed by atoms with Crippen LogP contribution in [0.25, 0.3) is 0 Å². The molecule has 13 nitrogen and oxygen atoms in total. The van der Waals surface area contributed by atoms with Crippen molar-refractivity contribution in [2.24, 2.45) is 0 Å². The number of imide groups is 1. The van der Waals surface area contributed by atoms with Crippen molar-refractivity contribution in [2.75, 3.05) is 73.5 Å². The Labute approximate surface area is 351 Å². The van der Waals surface area contributed by atoms with Crippen LogP contribution < -0.4 is 30.5 Å². The minimum atomic E-state index is -4.80. The maximum atomic E-state index is 13.8. The number of hydrogen-bond donors (Lipinski definition) is 3. The van der Waals surface area contributed by atoms with Gasteiger partial charge < -0.3 is 25.2 Å². The summed E-state index contributed by atoms with van der Waals surface area (Å²) in [4.78, 5) is 57.3. The number of anilines is 4. The van der Waals surface area contributed by atoms with Gasteiger partial charge in [-0.2, -0.15) is 18.4 Å². The quantitative estimate of drug-likeness (QED) is 0.0949. The van der Waals surface area contributed by atoms with Crippen LogP contribution >= 0.6 is 12.2 Å². The van der Waals surface area contributed by atoms with Gasteiger partial charge in [0.05, 0.1) is 35.9 Å². The van der Waals surface area contributed by atoms with E-state index in [9.17, 15) is 42.0 Å². The molecule has 60 heavy (non-hydrogen) atoms. The molecule has 18 heteroatoms. The highest BCUT2D eigenvalue weighted by Crippen LogP contribution is 2.36. The molecule has 2 atom stereocenters. The number of nitriles is 1. The number of amides is 4. The van der Waals surface area contributed by atoms with Gasteiger partial charge in [-0.25, -0.2) is 0 Å². The first kappa shape index (κ1) is 45.4. The second-order valence-corrected chi connectivity index (χ2v) is 15.4. The highest BCUT2D eigenvalue weighted by molar-refractivity contribution is 7.79. The molecule has 3 aromatic carbocycles. The molecule has 2 aliphatic rings. The number of benzene rings is 3. The molecule has 2 heterocycles. The van der Waals surface area contributed by atoms with E-state index in [4.69, 9.17) is 17.0 Å². The zero-order valence-electron chi connectivity index (χ0n) is 33.8. The molecule has 0 radical (unpaired) electrons. The fourth-order valence-corrected chi connectivity index (χ4v) is 7.66. The summed E-state index contributed by atoms with van der Waals surface area (Å²) >= 11 is 5.30. The summed E-state index contributed by atoms with van der Waals surface area (Å²) in [6, 6.07) is 16.2. The van der Waals surface area contributed by atoms with Gasteiger partial charge in [-0.3, -0.25) is 38.7 Å². The van der Waals surface area contributed by atoms with E-state index < -0.39 is 41.5 Å². The molecule has 0 aromatic heterocycles. The van der Waals surface area contributed by atoms with Gasteiger partial charge in [0.1, 0.15) is 23.9 Å². The van der Waals surface area contributed by atoms with Crippen LogP contribution in [-0.4, -0.2) is 110 Å². The third kappa shape index (κ3) is 11.1. The number of alkyl halides is 4. The number of piperidine rings is 1. The second kappa shape index (κ2) is 19.6. The van der Waals surface area contributed by atoms with Crippen molar-refractivity contribution in [3.63, 3.8) is 0 Å². The number of likely N-dealkylation sites (N-methyl/N-ethyl adjacent to an activating group) is 1. The van der Waals surface area contributed by atoms with Gasteiger partial charge in [-0.1, -0.05) is 18.3 Å². The molecule has 0 bridgehead atoms. The Morgan fingerprint density at radius 1 is 1.07 bits per heavy atom. The van der Waals surface area contributed by atoms with Gasteiger partial charge >= 0.3 is 6.18 Å². The van der Waals surface area contributed by atoms with Gasteiger partial charge in [0.25, 0.3) is 5.91 Å². The third-order valence-electron chi connectivity index (χ3n) is 10.6. The van der Waals surface area contributed by atoms with Crippen LogP contribution in [0.3, 0.4) is 0 Å². The van der Waals surface area contributed by atoms with Crippen LogP contribution in [-0.2, 0) is 31.8 Å². The summed E-state index contributed by atoms with van der Waals surface area (Å²) in [5, 5.41) is 17.5. The van der Waals surface area contributed by atoms with E-state index in [2.05, 4.69) is 25.8 Å². The van der Waals surface area contributed by atoms with Crippen molar-refractivity contribution >= 4 is 64.1 Å².